The number of halogens is 3. The van der Waals surface area contributed by atoms with Crippen LogP contribution in [0.3, 0.4) is 0 Å². The van der Waals surface area contributed by atoms with Gasteiger partial charge in [-0.25, -0.2) is 0 Å². The molecule has 0 atom stereocenters. The summed E-state index contributed by atoms with van der Waals surface area (Å²) in [5, 5.41) is 12.7. The molecule has 4 nitrogen and oxygen atoms in total. The summed E-state index contributed by atoms with van der Waals surface area (Å²) in [7, 11) is 0. The second-order valence-electron chi connectivity index (χ2n) is 5.14. The van der Waals surface area contributed by atoms with Crippen LogP contribution in [0.4, 0.5) is 5.82 Å². The fraction of sp³-hybridized carbons (Fsp3) is 0.286. The highest BCUT2D eigenvalue weighted by Crippen LogP contribution is 2.25. The van der Waals surface area contributed by atoms with Crippen molar-refractivity contribution in [2.45, 2.75) is 25.4 Å². The van der Waals surface area contributed by atoms with Crippen molar-refractivity contribution in [2.75, 3.05) is 5.32 Å². The lowest BCUT2D eigenvalue weighted by Crippen LogP contribution is -2.30. The first-order valence-electron chi connectivity index (χ1n) is 6.75. The molecule has 0 bridgehead atoms. The van der Waals surface area contributed by atoms with Crippen molar-refractivity contribution in [2.24, 2.45) is 0 Å². The number of nitrogens with zero attached hydrogens (tertiary/aromatic N) is 2. The Hall–Kier alpha value is -1.01. The van der Waals surface area contributed by atoms with E-state index in [4.69, 9.17) is 47.0 Å². The molecule has 0 aliphatic heterocycles. The first-order chi connectivity index (χ1) is 10.5. The zero-order valence-electron chi connectivity index (χ0n) is 11.4. The van der Waals surface area contributed by atoms with Crippen molar-refractivity contribution in [3.05, 3.63) is 45.0 Å². The molecular formula is C14H13Cl3N4S. The quantitative estimate of drug-likeness (QED) is 0.780. The van der Waals surface area contributed by atoms with Crippen molar-refractivity contribution < 1.29 is 0 Å². The molecule has 1 saturated carbocycles. The number of rotatable bonds is 4. The first-order valence-corrected chi connectivity index (χ1v) is 8.30. The Kier molecular flexibility index (Phi) is 4.78. The molecule has 22 heavy (non-hydrogen) atoms. The molecule has 1 heterocycles. The molecule has 1 aliphatic carbocycles. The molecule has 2 aromatic rings. The zero-order chi connectivity index (χ0) is 15.7. The Bertz CT molecular complexity index is 712. The van der Waals surface area contributed by atoms with E-state index >= 15 is 0 Å². The van der Waals surface area contributed by atoms with E-state index in [1.54, 1.807) is 16.9 Å². The lowest BCUT2D eigenvalue weighted by atomic mass is 10.2. The number of hydrogen-bond donors (Lipinski definition) is 2. The average Bonchev–Trinajstić information content (AvgIpc) is 3.19. The number of nitrogens with one attached hydrogen (secondary N) is 2. The summed E-state index contributed by atoms with van der Waals surface area (Å²) in [6.07, 6.45) is 4.05. The Morgan fingerprint density at radius 1 is 1.23 bits per heavy atom. The Labute approximate surface area is 148 Å². The van der Waals surface area contributed by atoms with Crippen LogP contribution >= 0.6 is 47.0 Å². The van der Waals surface area contributed by atoms with Gasteiger partial charge in [0.2, 0.25) is 0 Å². The lowest BCUT2D eigenvalue weighted by molar-refractivity contribution is 0.690. The summed E-state index contributed by atoms with van der Waals surface area (Å²) < 4.78 is 1.73. The Morgan fingerprint density at radius 2 is 2.00 bits per heavy atom. The van der Waals surface area contributed by atoms with Crippen LogP contribution in [0.25, 0.3) is 0 Å². The molecule has 0 radical (unpaired) electrons. The van der Waals surface area contributed by atoms with E-state index in [9.17, 15) is 0 Å². The normalized spacial score (nSPS) is 14.0. The lowest BCUT2D eigenvalue weighted by Gasteiger charge is -2.07. The summed E-state index contributed by atoms with van der Waals surface area (Å²) >= 11 is 23.3. The monoisotopic (exact) mass is 374 g/mol. The summed E-state index contributed by atoms with van der Waals surface area (Å²) in [4.78, 5) is 0. The van der Waals surface area contributed by atoms with E-state index in [1.165, 1.54) is 0 Å². The van der Waals surface area contributed by atoms with E-state index in [2.05, 4.69) is 15.7 Å². The molecule has 0 amide bonds. The fourth-order valence-corrected chi connectivity index (χ4v) is 2.73. The SMILES string of the molecule is S=C(Nc1nn(Cc2ccc(Cl)c(Cl)c2)cc1Cl)NC1CC1. The molecule has 1 aliphatic rings. The van der Waals surface area contributed by atoms with E-state index in [0.717, 1.165) is 18.4 Å². The maximum absolute atomic E-state index is 6.18. The van der Waals surface area contributed by atoms with Gasteiger partial charge in [-0.15, -0.1) is 0 Å². The molecule has 8 heteroatoms. The average molecular weight is 376 g/mol. The van der Waals surface area contributed by atoms with Crippen LogP contribution in [0.5, 0.6) is 0 Å². The highest BCUT2D eigenvalue weighted by atomic mass is 35.5. The summed E-state index contributed by atoms with van der Waals surface area (Å²) in [5.74, 6) is 0.542. The molecule has 1 aromatic carbocycles. The van der Waals surface area contributed by atoms with Crippen LogP contribution < -0.4 is 10.6 Å². The van der Waals surface area contributed by atoms with Crippen molar-refractivity contribution >= 4 is 58.0 Å². The first kappa shape index (κ1) is 15.9. The third-order valence-corrected chi connectivity index (χ3v) is 4.43. The molecule has 1 aromatic heterocycles. The van der Waals surface area contributed by atoms with Crippen LogP contribution in [-0.2, 0) is 6.54 Å². The van der Waals surface area contributed by atoms with Crippen LogP contribution in [-0.4, -0.2) is 20.9 Å². The smallest absolute Gasteiger partial charge is 0.173 e. The minimum absolute atomic E-state index is 0.483. The number of benzene rings is 1. The third-order valence-electron chi connectivity index (χ3n) is 3.19. The number of aromatic nitrogens is 2. The van der Waals surface area contributed by atoms with Crippen LogP contribution in [0.1, 0.15) is 18.4 Å². The molecular weight excluding hydrogens is 363 g/mol. The van der Waals surface area contributed by atoms with Crippen molar-refractivity contribution in [3.63, 3.8) is 0 Å². The number of thiocarbonyl (C=S) groups is 1. The van der Waals surface area contributed by atoms with Gasteiger partial charge >= 0.3 is 0 Å². The molecule has 0 unspecified atom stereocenters. The predicted octanol–water partition coefficient (Wildman–Crippen LogP) is 4.34. The Balaban J connectivity index is 1.68. The minimum Gasteiger partial charge on any atom is -0.360 e. The molecule has 116 valence electrons. The maximum Gasteiger partial charge on any atom is 0.173 e. The zero-order valence-corrected chi connectivity index (χ0v) is 14.5. The molecule has 0 spiro atoms. The second kappa shape index (κ2) is 6.62. The van der Waals surface area contributed by atoms with E-state index in [0.29, 0.717) is 38.6 Å². The van der Waals surface area contributed by atoms with E-state index in [-0.39, 0.29) is 0 Å². The topological polar surface area (TPSA) is 41.9 Å². The summed E-state index contributed by atoms with van der Waals surface area (Å²) in [5.41, 5.74) is 0.985. The van der Waals surface area contributed by atoms with Crippen LogP contribution in [0.15, 0.2) is 24.4 Å². The van der Waals surface area contributed by atoms with Crippen molar-refractivity contribution in [1.29, 1.82) is 0 Å². The van der Waals surface area contributed by atoms with Crippen molar-refractivity contribution in [1.82, 2.24) is 15.1 Å². The van der Waals surface area contributed by atoms with Gasteiger partial charge in [-0.3, -0.25) is 4.68 Å². The molecule has 1 fully saturated rings. The predicted molar refractivity (Wildman–Crippen MR) is 95.2 cm³/mol. The van der Waals surface area contributed by atoms with Gasteiger partial charge < -0.3 is 10.6 Å². The Morgan fingerprint density at radius 3 is 2.68 bits per heavy atom. The van der Waals surface area contributed by atoms with Gasteiger partial charge in [0.15, 0.2) is 10.9 Å². The minimum atomic E-state index is 0.483. The van der Waals surface area contributed by atoms with E-state index in [1.807, 2.05) is 12.1 Å². The highest BCUT2D eigenvalue weighted by molar-refractivity contribution is 7.80. The summed E-state index contributed by atoms with van der Waals surface area (Å²) in [6.45, 7) is 0.543. The van der Waals surface area contributed by atoms with Gasteiger partial charge in [0.1, 0.15) is 5.02 Å². The van der Waals surface area contributed by atoms with Gasteiger partial charge in [-0.05, 0) is 42.8 Å². The fourth-order valence-electron chi connectivity index (χ4n) is 1.94. The van der Waals surface area contributed by atoms with Crippen LogP contribution in [0, 0.1) is 0 Å². The van der Waals surface area contributed by atoms with Gasteiger partial charge in [-0.1, -0.05) is 40.9 Å². The summed E-state index contributed by atoms with van der Waals surface area (Å²) in [6, 6.07) is 5.96. The van der Waals surface area contributed by atoms with Crippen LogP contribution in [0.2, 0.25) is 15.1 Å². The third kappa shape index (κ3) is 4.04. The molecule has 3 rings (SSSR count). The molecule has 2 N–H and O–H groups in total. The largest absolute Gasteiger partial charge is 0.360 e. The van der Waals surface area contributed by atoms with Gasteiger partial charge in [0, 0.05) is 12.2 Å². The molecule has 0 saturated heterocycles. The second-order valence-corrected chi connectivity index (χ2v) is 6.77. The number of anilines is 1. The van der Waals surface area contributed by atoms with Gasteiger partial charge in [0.05, 0.1) is 16.6 Å². The van der Waals surface area contributed by atoms with E-state index < -0.39 is 0 Å². The maximum atomic E-state index is 6.18. The van der Waals surface area contributed by atoms with Crippen molar-refractivity contribution in [3.8, 4) is 0 Å². The highest BCUT2D eigenvalue weighted by Gasteiger charge is 2.22. The number of hydrogen-bond acceptors (Lipinski definition) is 2. The van der Waals surface area contributed by atoms with Gasteiger partial charge in [0.25, 0.3) is 0 Å². The van der Waals surface area contributed by atoms with Gasteiger partial charge in [-0.2, -0.15) is 5.10 Å². The standard InChI is InChI=1S/C14H13Cl3N4S/c15-10-4-1-8(5-11(10)16)6-21-7-12(17)13(20-21)19-14(22)18-9-2-3-9/h1,4-5,7,9H,2-3,6H2,(H2,18,19,20,22).